The van der Waals surface area contributed by atoms with Gasteiger partial charge >= 0.3 is 6.03 Å². The fraction of sp³-hybridized carbons (Fsp3) is 0.455. The van der Waals surface area contributed by atoms with Gasteiger partial charge in [0.2, 0.25) is 0 Å². The molecule has 1 aromatic rings. The number of carbonyl (C=O) groups is 2. The first kappa shape index (κ1) is 18.9. The Morgan fingerprint density at radius 2 is 1.96 bits per heavy atom. The third-order valence-corrected chi connectivity index (χ3v) is 6.18. The quantitative estimate of drug-likeness (QED) is 0.769. The lowest BCUT2D eigenvalue weighted by Crippen LogP contribution is -2.61. The van der Waals surface area contributed by atoms with Crippen LogP contribution in [0.25, 0.3) is 0 Å². The molecule has 0 aromatic heterocycles. The zero-order valence-electron chi connectivity index (χ0n) is 15.9. The van der Waals surface area contributed by atoms with Crippen LogP contribution in [0, 0.1) is 11.7 Å². The summed E-state index contributed by atoms with van der Waals surface area (Å²) in [5.41, 5.74) is 1.56. The first-order valence-corrected chi connectivity index (χ1v) is 9.97. The Balaban J connectivity index is 1.32. The van der Waals surface area contributed by atoms with Crippen molar-refractivity contribution in [2.75, 3.05) is 26.2 Å². The molecule has 2 fully saturated rings. The number of fused-ring (bicyclic) bond motifs is 1. The lowest BCUT2D eigenvalue weighted by molar-refractivity contribution is 0.0881. The highest BCUT2D eigenvalue weighted by Gasteiger charge is 2.41. The van der Waals surface area contributed by atoms with Crippen molar-refractivity contribution in [3.63, 3.8) is 0 Å². The molecule has 2 heterocycles. The summed E-state index contributed by atoms with van der Waals surface area (Å²) in [6.45, 7) is 2.72. The molecule has 2 saturated heterocycles. The molecule has 2 N–H and O–H groups in total. The number of urea groups is 1. The minimum Gasteiger partial charge on any atom is -0.334 e. The molecule has 1 unspecified atom stereocenters. The van der Waals surface area contributed by atoms with Gasteiger partial charge in [0, 0.05) is 12.1 Å². The van der Waals surface area contributed by atoms with E-state index >= 15 is 0 Å². The van der Waals surface area contributed by atoms with E-state index in [4.69, 9.17) is 0 Å². The van der Waals surface area contributed by atoms with Crippen LogP contribution in [0.15, 0.2) is 48.1 Å². The molecule has 2 aliphatic heterocycles. The number of hydrogen-bond donors (Lipinski definition) is 2. The van der Waals surface area contributed by atoms with Crippen LogP contribution in [0.5, 0.6) is 0 Å². The summed E-state index contributed by atoms with van der Waals surface area (Å²) >= 11 is 0. The topological polar surface area (TPSA) is 61.4 Å². The lowest BCUT2D eigenvalue weighted by atomic mass is 9.73. The zero-order chi connectivity index (χ0) is 19.6. The Morgan fingerprint density at radius 1 is 1.21 bits per heavy atom. The molecular weight excluding hydrogens is 357 g/mol. The third kappa shape index (κ3) is 4.02. The minimum absolute atomic E-state index is 0.0327. The van der Waals surface area contributed by atoms with E-state index < -0.39 is 0 Å². The third-order valence-electron chi connectivity index (χ3n) is 6.18. The molecule has 1 aromatic carbocycles. The normalized spacial score (nSPS) is 25.5. The Hall–Kier alpha value is -2.47. The van der Waals surface area contributed by atoms with Crippen LogP contribution >= 0.6 is 0 Å². The number of amides is 2. The molecule has 3 aliphatic rings. The summed E-state index contributed by atoms with van der Waals surface area (Å²) in [7, 11) is 0. The van der Waals surface area contributed by atoms with E-state index in [-0.39, 0.29) is 23.2 Å². The number of halogens is 1. The first-order chi connectivity index (χ1) is 13.5. The van der Waals surface area contributed by atoms with Gasteiger partial charge in [0.25, 0.3) is 0 Å². The standard InChI is InChI=1S/C22H26FN3O2/c23-19-6-4-17(5-7-19)20(27)15-26-11-8-16(9-12-26)13-22-10-2-1-3-18(22)14-24-21(28)25-22/h1-7,16H,8-15H2,(H2,24,25,28). The Morgan fingerprint density at radius 3 is 2.71 bits per heavy atom. The number of nitrogens with zero attached hydrogens (tertiary/aromatic N) is 1. The van der Waals surface area contributed by atoms with Crippen molar-refractivity contribution in [3.05, 3.63) is 59.4 Å². The first-order valence-electron chi connectivity index (χ1n) is 9.97. The van der Waals surface area contributed by atoms with E-state index in [0.717, 1.165) is 38.8 Å². The number of rotatable bonds is 5. The number of Topliss-reactive ketones (excluding diaryl/α,β-unsaturated/α-hetero) is 1. The molecule has 6 heteroatoms. The minimum atomic E-state index is -0.326. The number of carbonyl (C=O) groups excluding carboxylic acids is 2. The van der Waals surface area contributed by atoms with E-state index in [1.54, 1.807) is 12.1 Å². The van der Waals surface area contributed by atoms with Crippen LogP contribution < -0.4 is 10.6 Å². The molecule has 4 rings (SSSR count). The zero-order valence-corrected chi connectivity index (χ0v) is 15.9. The fourth-order valence-electron chi connectivity index (χ4n) is 4.58. The van der Waals surface area contributed by atoms with Crippen molar-refractivity contribution < 1.29 is 14.0 Å². The molecule has 0 radical (unpaired) electrons. The Bertz CT molecular complexity index is 810. The van der Waals surface area contributed by atoms with E-state index in [2.05, 4.69) is 33.8 Å². The summed E-state index contributed by atoms with van der Waals surface area (Å²) in [5, 5.41) is 6.05. The smallest absolute Gasteiger partial charge is 0.315 e. The maximum atomic E-state index is 13.0. The highest BCUT2D eigenvalue weighted by Crippen LogP contribution is 2.36. The number of hydrogen-bond acceptors (Lipinski definition) is 3. The van der Waals surface area contributed by atoms with Crippen molar-refractivity contribution in [1.29, 1.82) is 0 Å². The molecule has 0 saturated carbocycles. The van der Waals surface area contributed by atoms with E-state index in [1.165, 1.54) is 17.7 Å². The average molecular weight is 383 g/mol. The molecular formula is C22H26FN3O2. The maximum Gasteiger partial charge on any atom is 0.315 e. The number of piperidine rings is 1. The van der Waals surface area contributed by atoms with Gasteiger partial charge in [0.05, 0.1) is 12.1 Å². The number of likely N-dealkylation sites (tertiary alicyclic amines) is 1. The van der Waals surface area contributed by atoms with Gasteiger partial charge in [-0.3, -0.25) is 9.69 Å². The summed E-state index contributed by atoms with van der Waals surface area (Å²) in [4.78, 5) is 26.5. The molecule has 0 spiro atoms. The second-order valence-electron chi connectivity index (χ2n) is 8.07. The summed E-state index contributed by atoms with van der Waals surface area (Å²) in [5.74, 6) is 0.225. The maximum absolute atomic E-state index is 13.0. The van der Waals surface area contributed by atoms with Gasteiger partial charge in [-0.1, -0.05) is 18.2 Å². The van der Waals surface area contributed by atoms with Crippen LogP contribution in [-0.4, -0.2) is 48.4 Å². The van der Waals surface area contributed by atoms with Crippen molar-refractivity contribution in [2.24, 2.45) is 5.92 Å². The van der Waals surface area contributed by atoms with Crippen LogP contribution in [0.3, 0.4) is 0 Å². The predicted octanol–water partition coefficient (Wildman–Crippen LogP) is 3.05. The van der Waals surface area contributed by atoms with Crippen LogP contribution in [0.4, 0.5) is 9.18 Å². The summed E-state index contributed by atoms with van der Waals surface area (Å²) in [6, 6.07) is 5.67. The molecule has 1 atom stereocenters. The van der Waals surface area contributed by atoms with E-state index in [9.17, 15) is 14.0 Å². The average Bonchev–Trinajstić information content (AvgIpc) is 2.69. The van der Waals surface area contributed by atoms with Gasteiger partial charge < -0.3 is 10.6 Å². The highest BCUT2D eigenvalue weighted by atomic mass is 19.1. The van der Waals surface area contributed by atoms with Gasteiger partial charge in [-0.2, -0.15) is 0 Å². The molecule has 0 bridgehead atoms. The van der Waals surface area contributed by atoms with E-state index in [0.29, 0.717) is 24.6 Å². The molecule has 5 nitrogen and oxygen atoms in total. The second kappa shape index (κ2) is 7.87. The van der Waals surface area contributed by atoms with Gasteiger partial charge in [0.15, 0.2) is 5.78 Å². The fourth-order valence-corrected chi connectivity index (χ4v) is 4.58. The predicted molar refractivity (Wildman–Crippen MR) is 106 cm³/mol. The highest BCUT2D eigenvalue weighted by molar-refractivity contribution is 5.97. The van der Waals surface area contributed by atoms with Crippen LogP contribution in [0.2, 0.25) is 0 Å². The molecule has 148 valence electrons. The molecule has 1 aliphatic carbocycles. The summed E-state index contributed by atoms with van der Waals surface area (Å²) in [6.07, 6.45) is 10.1. The van der Waals surface area contributed by atoms with Crippen molar-refractivity contribution >= 4 is 11.8 Å². The van der Waals surface area contributed by atoms with Crippen molar-refractivity contribution in [2.45, 2.75) is 31.2 Å². The Labute approximate surface area is 164 Å². The SMILES string of the molecule is O=C1NCC2=CC=CCC2(CC2CCN(CC(=O)c3ccc(F)cc3)CC2)N1. The largest absolute Gasteiger partial charge is 0.334 e. The number of ketones is 1. The second-order valence-corrected chi connectivity index (χ2v) is 8.07. The van der Waals surface area contributed by atoms with Crippen LogP contribution in [-0.2, 0) is 0 Å². The number of nitrogens with one attached hydrogen (secondary N) is 2. The monoisotopic (exact) mass is 383 g/mol. The van der Waals surface area contributed by atoms with Gasteiger partial charge in [-0.25, -0.2) is 9.18 Å². The van der Waals surface area contributed by atoms with E-state index in [1.807, 2.05) is 0 Å². The van der Waals surface area contributed by atoms with Crippen LogP contribution in [0.1, 0.15) is 36.0 Å². The van der Waals surface area contributed by atoms with Crippen molar-refractivity contribution in [3.8, 4) is 0 Å². The van der Waals surface area contributed by atoms with Gasteiger partial charge in [0.1, 0.15) is 5.82 Å². The molecule has 2 amide bonds. The number of allylic oxidation sites excluding steroid dienone is 2. The number of benzene rings is 1. The van der Waals surface area contributed by atoms with Gasteiger partial charge in [-0.05, 0) is 74.5 Å². The molecule has 28 heavy (non-hydrogen) atoms. The summed E-state index contributed by atoms with van der Waals surface area (Å²) < 4.78 is 13.0. The Kier molecular flexibility index (Phi) is 5.31. The van der Waals surface area contributed by atoms with Crippen molar-refractivity contribution in [1.82, 2.24) is 15.5 Å². The van der Waals surface area contributed by atoms with Gasteiger partial charge in [-0.15, -0.1) is 0 Å². The lowest BCUT2D eigenvalue weighted by Gasteiger charge is -2.45.